The van der Waals surface area contributed by atoms with Crippen LogP contribution in [0.2, 0.25) is 0 Å². The van der Waals surface area contributed by atoms with Crippen LogP contribution >= 0.6 is 0 Å². The Bertz CT molecular complexity index is 5390. The Morgan fingerprint density at radius 3 is 1.06 bits per heavy atom. The summed E-state index contributed by atoms with van der Waals surface area (Å²) in [4.78, 5) is 5.01. The smallest absolute Gasteiger partial charge is 0.104 e. The van der Waals surface area contributed by atoms with Crippen molar-refractivity contribution < 1.29 is 0 Å². The van der Waals surface area contributed by atoms with Crippen molar-refractivity contribution in [1.29, 1.82) is 5.26 Å². The van der Waals surface area contributed by atoms with Crippen molar-refractivity contribution in [3.8, 4) is 45.6 Å². The van der Waals surface area contributed by atoms with Crippen molar-refractivity contribution in [2.24, 2.45) is 0 Å². The number of pyridine rings is 1. The van der Waals surface area contributed by atoms with Crippen LogP contribution in [0.5, 0.6) is 0 Å². The van der Waals surface area contributed by atoms with Gasteiger partial charge in [-0.25, -0.2) is 0 Å². The largest absolute Gasteiger partial charge is 0.308 e. The molecule has 7 nitrogen and oxygen atoms in total. The van der Waals surface area contributed by atoms with E-state index in [2.05, 4.69) is 281 Å². The second-order valence-electron chi connectivity index (χ2n) is 22.5. The SMILES string of the molecule is Cc1ccc2c(c1)c1ccccc1n2-c1c(C#N)c(-n2c3ccccc3c3cc(C)ccc32)c(-n2c3ccccc3c3cc(C)ccc32)c(-c2cccc(-n3c4ccccc4c4ncccc43)c2)c1-n1c2ccccc2c2cc(C)ccc21. The highest BCUT2D eigenvalue weighted by molar-refractivity contribution is 6.18. The molecule has 0 bridgehead atoms. The van der Waals surface area contributed by atoms with Crippen molar-refractivity contribution in [3.63, 3.8) is 0 Å². The quantitative estimate of drug-likeness (QED) is 0.167. The van der Waals surface area contributed by atoms with Crippen molar-refractivity contribution in [2.45, 2.75) is 27.7 Å². The first kappa shape index (κ1) is 46.9. The number of aromatic nitrogens is 6. The zero-order valence-electron chi connectivity index (χ0n) is 46.1. The highest BCUT2D eigenvalue weighted by atomic mass is 15.1. The van der Waals surface area contributed by atoms with Crippen LogP contribution in [0.1, 0.15) is 27.8 Å². The fourth-order valence-corrected chi connectivity index (χ4v) is 14.1. The van der Waals surface area contributed by atoms with Gasteiger partial charge in [0.25, 0.3) is 0 Å². The van der Waals surface area contributed by atoms with Gasteiger partial charge in [-0.2, -0.15) is 5.26 Å². The third-order valence-electron chi connectivity index (χ3n) is 17.5. The lowest BCUT2D eigenvalue weighted by molar-refractivity contribution is 1.03. The van der Waals surface area contributed by atoms with Gasteiger partial charge in [0, 0.05) is 65.9 Å². The normalized spacial score (nSPS) is 12.1. The predicted octanol–water partition coefficient (Wildman–Crippen LogP) is 19.3. The Hall–Kier alpha value is -10.9. The molecule has 0 amide bonds. The lowest BCUT2D eigenvalue weighted by Gasteiger charge is -2.29. The molecule has 0 saturated carbocycles. The average Bonchev–Trinajstić information content (AvgIpc) is 2.09. The van der Waals surface area contributed by atoms with E-state index >= 15 is 0 Å². The van der Waals surface area contributed by atoms with Crippen LogP contribution in [0.25, 0.3) is 149 Å². The molecule has 0 spiro atoms. The van der Waals surface area contributed by atoms with Crippen molar-refractivity contribution in [2.75, 3.05) is 0 Å². The molecular weight excluding hydrogens is 1010 g/mol. The second-order valence-corrected chi connectivity index (χ2v) is 22.5. The first-order chi connectivity index (χ1) is 40.8. The van der Waals surface area contributed by atoms with Crippen LogP contribution in [0.15, 0.2) is 237 Å². The van der Waals surface area contributed by atoms with Gasteiger partial charge in [0.15, 0.2) is 0 Å². The zero-order chi connectivity index (χ0) is 55.4. The monoisotopic (exact) mass is 1060 g/mol. The molecule has 83 heavy (non-hydrogen) atoms. The maximum atomic E-state index is 13.1. The fraction of sp³-hybridized carbons (Fsp3) is 0.0526. The lowest BCUT2D eigenvalue weighted by atomic mass is 9.93. The number of hydrogen-bond donors (Lipinski definition) is 0. The zero-order valence-corrected chi connectivity index (χ0v) is 46.1. The maximum Gasteiger partial charge on any atom is 0.104 e. The molecule has 7 heteroatoms. The minimum Gasteiger partial charge on any atom is -0.308 e. The first-order valence-electron chi connectivity index (χ1n) is 28.4. The molecule has 17 rings (SSSR count). The summed E-state index contributed by atoms with van der Waals surface area (Å²) in [7, 11) is 0. The summed E-state index contributed by atoms with van der Waals surface area (Å²) in [5.41, 5.74) is 22.6. The molecular formula is C76H51N7. The van der Waals surface area contributed by atoms with E-state index < -0.39 is 0 Å². The fourth-order valence-electron chi connectivity index (χ4n) is 14.1. The minimum absolute atomic E-state index is 0.533. The Balaban J connectivity index is 1.21. The summed E-state index contributed by atoms with van der Waals surface area (Å²) in [6.07, 6.45) is 1.89. The maximum absolute atomic E-state index is 13.1. The van der Waals surface area contributed by atoms with E-state index in [1.165, 1.54) is 11.1 Å². The molecule has 11 aromatic carbocycles. The third kappa shape index (κ3) is 6.57. The molecule has 0 N–H and O–H groups in total. The topological polar surface area (TPSA) is 61.3 Å². The van der Waals surface area contributed by atoms with Crippen molar-refractivity contribution in [3.05, 3.63) is 265 Å². The number of hydrogen-bond acceptors (Lipinski definition) is 2. The number of aryl methyl sites for hydroxylation is 4. The van der Waals surface area contributed by atoms with Gasteiger partial charge < -0.3 is 22.8 Å². The van der Waals surface area contributed by atoms with E-state index in [1.54, 1.807) is 0 Å². The molecule has 390 valence electrons. The lowest BCUT2D eigenvalue weighted by Crippen LogP contribution is -2.16. The summed E-state index contributed by atoms with van der Waals surface area (Å²) in [6.45, 7) is 8.69. The van der Waals surface area contributed by atoms with Crippen LogP contribution in [0, 0.1) is 39.0 Å². The van der Waals surface area contributed by atoms with Crippen LogP contribution in [0.4, 0.5) is 0 Å². The van der Waals surface area contributed by atoms with Gasteiger partial charge in [0.2, 0.25) is 0 Å². The third-order valence-corrected chi connectivity index (χ3v) is 17.5. The molecule has 0 fully saturated rings. The number of nitriles is 1. The molecule has 6 heterocycles. The van der Waals surface area contributed by atoms with Crippen molar-refractivity contribution >= 4 is 109 Å². The van der Waals surface area contributed by atoms with Gasteiger partial charge >= 0.3 is 0 Å². The van der Waals surface area contributed by atoms with Crippen molar-refractivity contribution in [1.82, 2.24) is 27.8 Å². The summed E-state index contributed by atoms with van der Waals surface area (Å²) in [5.74, 6) is 0. The molecule has 6 aromatic heterocycles. The predicted molar refractivity (Wildman–Crippen MR) is 345 cm³/mol. The minimum atomic E-state index is 0.533. The van der Waals surface area contributed by atoms with E-state index in [0.717, 1.165) is 160 Å². The van der Waals surface area contributed by atoms with Gasteiger partial charge in [-0.05, 0) is 136 Å². The van der Waals surface area contributed by atoms with Crippen LogP contribution < -0.4 is 0 Å². The van der Waals surface area contributed by atoms with E-state index in [0.29, 0.717) is 5.56 Å². The summed E-state index contributed by atoms with van der Waals surface area (Å²) >= 11 is 0. The summed E-state index contributed by atoms with van der Waals surface area (Å²) in [5, 5.41) is 23.1. The number of nitrogens with zero attached hydrogens (tertiary/aromatic N) is 7. The first-order valence-corrected chi connectivity index (χ1v) is 28.4. The molecule has 0 atom stereocenters. The number of para-hydroxylation sites is 5. The number of rotatable bonds is 6. The number of benzene rings is 11. The van der Waals surface area contributed by atoms with Crippen LogP contribution in [-0.2, 0) is 0 Å². The highest BCUT2D eigenvalue weighted by Crippen LogP contribution is 2.52. The summed E-state index contributed by atoms with van der Waals surface area (Å²) < 4.78 is 12.2. The number of fused-ring (bicyclic) bond motifs is 15. The van der Waals surface area contributed by atoms with Gasteiger partial charge in [-0.3, -0.25) is 4.98 Å². The van der Waals surface area contributed by atoms with E-state index in [4.69, 9.17) is 4.98 Å². The molecule has 17 aromatic rings. The standard InChI is InChI=1S/C76H51N7/c1-45-30-34-66-56(39-45)51-19-5-10-24-61(51)80(66)73-60(44-77)74(81-62-25-11-6-20-52(62)57-40-46(2)31-35-67(57)81)76(83-64-27-13-8-22-54(64)59-42-48(4)33-37-69(59)83)71(75(73)82-63-26-12-7-21-53(63)58-41-47(3)32-36-68(58)82)49-17-15-18-50(43-49)79-65-28-14-9-23-55(65)72-70(79)29-16-38-78-72/h5-43H,1-4H3. The molecule has 0 aliphatic carbocycles. The van der Waals surface area contributed by atoms with E-state index in [-0.39, 0.29) is 0 Å². The second kappa shape index (κ2) is 17.5. The molecule has 0 radical (unpaired) electrons. The Morgan fingerprint density at radius 1 is 0.301 bits per heavy atom. The van der Waals surface area contributed by atoms with Gasteiger partial charge in [0.1, 0.15) is 11.6 Å². The highest BCUT2D eigenvalue weighted by Gasteiger charge is 2.35. The van der Waals surface area contributed by atoms with Crippen LogP contribution in [-0.4, -0.2) is 27.8 Å². The van der Waals surface area contributed by atoms with Gasteiger partial charge in [-0.1, -0.05) is 150 Å². The summed E-state index contributed by atoms with van der Waals surface area (Å²) in [6, 6.07) is 87.3. The van der Waals surface area contributed by atoms with E-state index in [1.807, 2.05) is 12.3 Å². The van der Waals surface area contributed by atoms with Gasteiger partial charge in [-0.15, -0.1) is 0 Å². The Kier molecular flexibility index (Phi) is 9.91. The Morgan fingerprint density at radius 2 is 0.651 bits per heavy atom. The molecule has 0 unspecified atom stereocenters. The molecule has 0 saturated heterocycles. The Labute approximate surface area is 477 Å². The average molecular weight is 1060 g/mol. The van der Waals surface area contributed by atoms with Crippen LogP contribution in [0.3, 0.4) is 0 Å². The molecule has 0 aliphatic heterocycles. The molecule has 0 aliphatic rings. The van der Waals surface area contributed by atoms with Gasteiger partial charge in [0.05, 0.1) is 83.4 Å². The van der Waals surface area contributed by atoms with E-state index in [9.17, 15) is 5.26 Å².